The second-order valence-electron chi connectivity index (χ2n) is 5.52. The van der Waals surface area contributed by atoms with Gasteiger partial charge < -0.3 is 10.2 Å². The summed E-state index contributed by atoms with van der Waals surface area (Å²) in [6.07, 6.45) is 1.87. The maximum atomic E-state index is 13.4. The first kappa shape index (κ1) is 15.5. The maximum absolute atomic E-state index is 13.4. The number of benzene rings is 1. The van der Waals surface area contributed by atoms with Crippen LogP contribution in [0.5, 0.6) is 0 Å². The summed E-state index contributed by atoms with van der Waals surface area (Å²) in [4.78, 5) is 24.9. The molecule has 1 aliphatic rings. The molecule has 0 atom stereocenters. The zero-order chi connectivity index (χ0) is 15.2. The number of rotatable bonds is 4. The lowest BCUT2D eigenvalue weighted by Crippen LogP contribution is -2.40. The third-order valence-electron chi connectivity index (χ3n) is 3.96. The van der Waals surface area contributed by atoms with Crippen molar-refractivity contribution in [2.24, 2.45) is 5.92 Å². The van der Waals surface area contributed by atoms with Gasteiger partial charge in [-0.25, -0.2) is 4.39 Å². The molecule has 0 aliphatic carbocycles. The number of carbonyl (C=O) groups is 2. The van der Waals surface area contributed by atoms with Crippen molar-refractivity contribution in [1.82, 2.24) is 10.2 Å². The number of piperidine rings is 1. The van der Waals surface area contributed by atoms with Gasteiger partial charge in [-0.3, -0.25) is 9.59 Å². The summed E-state index contributed by atoms with van der Waals surface area (Å²) in [5.41, 5.74) is 0.418. The molecular weight excluding hydrogens is 271 g/mol. The van der Waals surface area contributed by atoms with Gasteiger partial charge in [0.2, 0.25) is 11.8 Å². The Hall–Kier alpha value is -1.91. The van der Waals surface area contributed by atoms with Crippen molar-refractivity contribution in [2.45, 2.75) is 26.2 Å². The molecule has 1 aliphatic heterocycles. The van der Waals surface area contributed by atoms with E-state index in [2.05, 4.69) is 5.32 Å². The summed E-state index contributed by atoms with van der Waals surface area (Å²) >= 11 is 0. The van der Waals surface area contributed by atoms with E-state index in [9.17, 15) is 14.0 Å². The van der Waals surface area contributed by atoms with Crippen molar-refractivity contribution < 1.29 is 14.0 Å². The van der Waals surface area contributed by atoms with Gasteiger partial charge >= 0.3 is 0 Å². The largest absolute Gasteiger partial charge is 0.356 e. The maximum Gasteiger partial charge on any atom is 0.224 e. The molecule has 0 spiro atoms. The van der Waals surface area contributed by atoms with Crippen LogP contribution < -0.4 is 5.32 Å². The third-order valence-corrected chi connectivity index (χ3v) is 3.96. The number of hydrogen-bond donors (Lipinski definition) is 1. The van der Waals surface area contributed by atoms with Crippen LogP contribution in [0.25, 0.3) is 0 Å². The molecule has 0 saturated carbocycles. The standard InChI is InChI=1S/C16H21FN2O2/c1-12(20)19-8-6-13(7-9-19)11-18-16(21)10-14-4-2-3-5-15(14)17/h2-5,13H,6-11H2,1H3,(H,18,21). The SMILES string of the molecule is CC(=O)N1CCC(CNC(=O)Cc2ccccc2F)CC1. The van der Waals surface area contributed by atoms with Crippen molar-refractivity contribution in [2.75, 3.05) is 19.6 Å². The molecule has 0 unspecified atom stereocenters. The molecule has 114 valence electrons. The van der Waals surface area contributed by atoms with Crippen molar-refractivity contribution in [3.63, 3.8) is 0 Å². The lowest BCUT2D eigenvalue weighted by Gasteiger charge is -2.31. The van der Waals surface area contributed by atoms with E-state index in [-0.39, 0.29) is 24.1 Å². The van der Waals surface area contributed by atoms with Gasteiger partial charge in [0, 0.05) is 26.6 Å². The van der Waals surface area contributed by atoms with E-state index in [1.165, 1.54) is 6.07 Å². The van der Waals surface area contributed by atoms with E-state index < -0.39 is 0 Å². The molecule has 1 fully saturated rings. The van der Waals surface area contributed by atoms with Crippen LogP contribution in [0.2, 0.25) is 0 Å². The average Bonchev–Trinajstić information content (AvgIpc) is 2.48. The molecule has 0 bridgehead atoms. The highest BCUT2D eigenvalue weighted by molar-refractivity contribution is 5.78. The Labute approximate surface area is 124 Å². The topological polar surface area (TPSA) is 49.4 Å². The molecule has 4 nitrogen and oxygen atoms in total. The van der Waals surface area contributed by atoms with Gasteiger partial charge in [-0.2, -0.15) is 0 Å². The Kier molecular flexibility index (Phi) is 5.31. The second-order valence-corrected chi connectivity index (χ2v) is 5.52. The number of nitrogens with one attached hydrogen (secondary N) is 1. The number of carbonyl (C=O) groups excluding carboxylic acids is 2. The zero-order valence-corrected chi connectivity index (χ0v) is 12.3. The first-order valence-electron chi connectivity index (χ1n) is 7.32. The van der Waals surface area contributed by atoms with E-state index in [1.54, 1.807) is 25.1 Å². The van der Waals surface area contributed by atoms with Gasteiger partial charge in [-0.05, 0) is 30.4 Å². The number of hydrogen-bond acceptors (Lipinski definition) is 2. The summed E-state index contributed by atoms with van der Waals surface area (Å²) < 4.78 is 13.4. The monoisotopic (exact) mass is 292 g/mol. The highest BCUT2D eigenvalue weighted by Crippen LogP contribution is 2.16. The smallest absolute Gasteiger partial charge is 0.224 e. The van der Waals surface area contributed by atoms with Crippen LogP contribution in [-0.2, 0) is 16.0 Å². The van der Waals surface area contributed by atoms with Crippen LogP contribution in [-0.4, -0.2) is 36.3 Å². The molecule has 1 aromatic carbocycles. The van der Waals surface area contributed by atoms with Gasteiger partial charge in [-0.15, -0.1) is 0 Å². The fraction of sp³-hybridized carbons (Fsp3) is 0.500. The summed E-state index contributed by atoms with van der Waals surface area (Å²) in [5, 5.41) is 2.86. The molecule has 2 amide bonds. The quantitative estimate of drug-likeness (QED) is 0.919. The summed E-state index contributed by atoms with van der Waals surface area (Å²) in [6.45, 7) is 3.68. The van der Waals surface area contributed by atoms with E-state index >= 15 is 0 Å². The van der Waals surface area contributed by atoms with Crippen LogP contribution in [0.4, 0.5) is 4.39 Å². The number of likely N-dealkylation sites (tertiary alicyclic amines) is 1. The Morgan fingerprint density at radius 2 is 1.95 bits per heavy atom. The second kappa shape index (κ2) is 7.20. The highest BCUT2D eigenvalue weighted by Gasteiger charge is 2.21. The molecule has 5 heteroatoms. The minimum Gasteiger partial charge on any atom is -0.356 e. The molecule has 1 heterocycles. The van der Waals surface area contributed by atoms with E-state index in [0.29, 0.717) is 18.0 Å². The van der Waals surface area contributed by atoms with Gasteiger partial charge in [-0.1, -0.05) is 18.2 Å². The van der Waals surface area contributed by atoms with E-state index in [0.717, 1.165) is 25.9 Å². The van der Waals surface area contributed by atoms with Gasteiger partial charge in [0.05, 0.1) is 6.42 Å². The number of amides is 2. The Morgan fingerprint density at radius 1 is 1.29 bits per heavy atom. The molecule has 1 N–H and O–H groups in total. The van der Waals surface area contributed by atoms with Crippen molar-refractivity contribution in [3.8, 4) is 0 Å². The molecular formula is C16H21FN2O2. The number of halogens is 1. The van der Waals surface area contributed by atoms with Crippen LogP contribution in [0.1, 0.15) is 25.3 Å². The predicted molar refractivity (Wildman–Crippen MR) is 78.1 cm³/mol. The summed E-state index contributed by atoms with van der Waals surface area (Å²) in [6, 6.07) is 6.32. The van der Waals surface area contributed by atoms with Gasteiger partial charge in [0.25, 0.3) is 0 Å². The van der Waals surface area contributed by atoms with Gasteiger partial charge in [0.1, 0.15) is 5.82 Å². The van der Waals surface area contributed by atoms with Crippen molar-refractivity contribution in [1.29, 1.82) is 0 Å². The zero-order valence-electron chi connectivity index (χ0n) is 12.3. The van der Waals surface area contributed by atoms with Crippen LogP contribution in [0.15, 0.2) is 24.3 Å². The average molecular weight is 292 g/mol. The molecule has 0 radical (unpaired) electrons. The minimum absolute atomic E-state index is 0.0684. The molecule has 2 rings (SSSR count). The molecule has 1 saturated heterocycles. The lowest BCUT2D eigenvalue weighted by molar-refractivity contribution is -0.130. The Morgan fingerprint density at radius 3 is 2.57 bits per heavy atom. The van der Waals surface area contributed by atoms with Gasteiger partial charge in [0.15, 0.2) is 0 Å². The Bertz CT molecular complexity index is 511. The molecule has 21 heavy (non-hydrogen) atoms. The van der Waals surface area contributed by atoms with Crippen LogP contribution in [0, 0.1) is 11.7 Å². The van der Waals surface area contributed by atoms with Crippen LogP contribution in [0.3, 0.4) is 0 Å². The minimum atomic E-state index is -0.345. The predicted octanol–water partition coefficient (Wildman–Crippen LogP) is 1.74. The molecule has 1 aromatic rings. The van der Waals surface area contributed by atoms with E-state index in [4.69, 9.17) is 0 Å². The highest BCUT2D eigenvalue weighted by atomic mass is 19.1. The normalized spacial score (nSPS) is 15.8. The lowest BCUT2D eigenvalue weighted by atomic mass is 9.96. The fourth-order valence-electron chi connectivity index (χ4n) is 2.59. The summed E-state index contributed by atoms with van der Waals surface area (Å²) in [5.74, 6) is -0.00118. The van der Waals surface area contributed by atoms with Crippen molar-refractivity contribution >= 4 is 11.8 Å². The number of nitrogens with zero attached hydrogens (tertiary/aromatic N) is 1. The van der Waals surface area contributed by atoms with E-state index in [1.807, 2.05) is 4.90 Å². The molecule has 0 aromatic heterocycles. The first-order chi connectivity index (χ1) is 10.1. The fourth-order valence-corrected chi connectivity index (χ4v) is 2.59. The van der Waals surface area contributed by atoms with Crippen molar-refractivity contribution in [3.05, 3.63) is 35.6 Å². The summed E-state index contributed by atoms with van der Waals surface area (Å²) in [7, 11) is 0. The Balaban J connectivity index is 1.73. The third kappa shape index (κ3) is 4.55. The first-order valence-corrected chi connectivity index (χ1v) is 7.32. The van der Waals surface area contributed by atoms with Crippen LogP contribution >= 0.6 is 0 Å².